The highest BCUT2D eigenvalue weighted by Gasteiger charge is 2.25. The predicted octanol–water partition coefficient (Wildman–Crippen LogP) is 7.37. The van der Waals surface area contributed by atoms with Crippen LogP contribution in [0.3, 0.4) is 0 Å². The van der Waals surface area contributed by atoms with E-state index < -0.39 is 7.82 Å². The number of hydrogen-bond acceptors (Lipinski definition) is 5. The highest BCUT2D eigenvalue weighted by Crippen LogP contribution is 2.49. The lowest BCUT2D eigenvalue weighted by Gasteiger charge is -2.17. The largest absolute Gasteiger partial charge is 0.508 e. The molecule has 0 aliphatic rings. The Morgan fingerprint density at radius 1 is 0.893 bits per heavy atom. The summed E-state index contributed by atoms with van der Waals surface area (Å²) in [7, 11) is -3.31. The first-order valence-electron chi connectivity index (χ1n) is 10.6. The lowest BCUT2D eigenvalue weighted by molar-refractivity contribution is 0.110. The number of aryl methyl sites for hydroxylation is 1. The van der Waals surface area contributed by atoms with Gasteiger partial charge < -0.3 is 5.11 Å². The molecule has 0 spiro atoms. The zero-order valence-corrected chi connectivity index (χ0v) is 19.6. The van der Waals surface area contributed by atoms with Crippen molar-refractivity contribution in [3.05, 3.63) is 29.3 Å². The van der Waals surface area contributed by atoms with Crippen LogP contribution in [0.15, 0.2) is 18.2 Å². The Balaban J connectivity index is 0.000000567. The highest BCUT2D eigenvalue weighted by atomic mass is 31.2. The van der Waals surface area contributed by atoms with Crippen molar-refractivity contribution < 1.29 is 23.2 Å². The number of aromatic hydroxyl groups is 1. The second-order valence-electron chi connectivity index (χ2n) is 7.22. The van der Waals surface area contributed by atoms with Gasteiger partial charge in [-0.1, -0.05) is 66.0 Å². The molecule has 0 saturated carbocycles. The zero-order valence-electron chi connectivity index (χ0n) is 18.7. The van der Waals surface area contributed by atoms with Gasteiger partial charge in [0.25, 0.3) is 0 Å². The molecular formula is C22H41O5P. The number of phosphoric ester groups is 1. The summed E-state index contributed by atoms with van der Waals surface area (Å²) in [6.07, 6.45) is 5.63. The third-order valence-corrected chi connectivity index (χ3v) is 5.55. The van der Waals surface area contributed by atoms with Crippen LogP contribution < -0.4 is 0 Å². The maximum absolute atomic E-state index is 12.2. The third-order valence-electron chi connectivity index (χ3n) is 4.05. The molecule has 0 saturated heterocycles. The van der Waals surface area contributed by atoms with Gasteiger partial charge in [0, 0.05) is 0 Å². The van der Waals surface area contributed by atoms with Gasteiger partial charge in [0.05, 0.1) is 19.8 Å². The molecule has 0 radical (unpaired) electrons. The average Bonchev–Trinajstić information content (AvgIpc) is 2.63. The number of unbranched alkanes of at least 4 members (excludes halogenated alkanes) is 3. The maximum atomic E-state index is 12.2. The number of rotatable bonds is 13. The lowest BCUT2D eigenvalue weighted by atomic mass is 10.0. The molecule has 164 valence electrons. The molecule has 28 heavy (non-hydrogen) atoms. The first-order chi connectivity index (χ1) is 13.3. The molecule has 6 heteroatoms. The molecule has 0 bridgehead atoms. The summed E-state index contributed by atoms with van der Waals surface area (Å²) >= 11 is 0. The quantitative estimate of drug-likeness (QED) is 0.269. The van der Waals surface area contributed by atoms with Crippen molar-refractivity contribution in [1.82, 2.24) is 0 Å². The molecule has 1 N–H and O–H groups in total. The van der Waals surface area contributed by atoms with E-state index in [0.29, 0.717) is 31.5 Å². The van der Waals surface area contributed by atoms with Gasteiger partial charge in [0.15, 0.2) is 0 Å². The zero-order chi connectivity index (χ0) is 21.4. The van der Waals surface area contributed by atoms with E-state index in [9.17, 15) is 9.67 Å². The van der Waals surface area contributed by atoms with E-state index in [-0.39, 0.29) is 0 Å². The van der Waals surface area contributed by atoms with Crippen molar-refractivity contribution in [2.24, 2.45) is 0 Å². The van der Waals surface area contributed by atoms with Crippen LogP contribution in [0.5, 0.6) is 5.75 Å². The van der Waals surface area contributed by atoms with Crippen molar-refractivity contribution in [3.8, 4) is 5.75 Å². The van der Waals surface area contributed by atoms with E-state index in [2.05, 4.69) is 34.6 Å². The van der Waals surface area contributed by atoms with Crippen LogP contribution in [-0.2, 0) is 18.1 Å². The number of hydrogen-bond donors (Lipinski definition) is 1. The molecule has 0 unspecified atom stereocenters. The molecule has 0 amide bonds. The van der Waals surface area contributed by atoms with E-state index in [1.54, 1.807) is 6.07 Å². The summed E-state index contributed by atoms with van der Waals surface area (Å²) in [6.45, 7) is 13.6. The summed E-state index contributed by atoms with van der Waals surface area (Å²) < 4.78 is 28.0. The average molecular weight is 417 g/mol. The minimum Gasteiger partial charge on any atom is -0.508 e. The summed E-state index contributed by atoms with van der Waals surface area (Å²) in [5.41, 5.74) is 2.13. The molecule has 0 aliphatic carbocycles. The Hall–Kier alpha value is -0.870. The minimum atomic E-state index is -3.31. The van der Waals surface area contributed by atoms with Crippen LogP contribution in [-0.4, -0.2) is 24.9 Å². The summed E-state index contributed by atoms with van der Waals surface area (Å²) in [6, 6.07) is 5.81. The first kappa shape index (κ1) is 27.1. The van der Waals surface area contributed by atoms with Crippen LogP contribution in [0.4, 0.5) is 0 Å². The van der Waals surface area contributed by atoms with Crippen LogP contribution in [0, 0.1) is 6.92 Å². The van der Waals surface area contributed by atoms with Crippen LogP contribution in [0.1, 0.15) is 90.2 Å². The molecule has 1 aromatic carbocycles. The monoisotopic (exact) mass is 416 g/mol. The predicted molar refractivity (Wildman–Crippen MR) is 117 cm³/mol. The number of phenolic OH excluding ortho intramolecular Hbond substituents is 1. The smallest absolute Gasteiger partial charge is 0.474 e. The fourth-order valence-corrected chi connectivity index (χ4v) is 3.50. The SMILES string of the molecule is CCCCOP(=O)(OCCCC)OCCCC.Cc1ccc(C(C)C)c(O)c1. The van der Waals surface area contributed by atoms with E-state index in [4.69, 9.17) is 13.6 Å². The Labute approximate surface area is 172 Å². The van der Waals surface area contributed by atoms with Crippen LogP contribution in [0.2, 0.25) is 0 Å². The molecule has 0 fully saturated rings. The fourth-order valence-electron chi connectivity index (χ4n) is 2.22. The van der Waals surface area contributed by atoms with Crippen molar-refractivity contribution in [1.29, 1.82) is 0 Å². The molecule has 0 heterocycles. The van der Waals surface area contributed by atoms with Gasteiger partial charge in [-0.3, -0.25) is 13.6 Å². The second kappa shape index (κ2) is 16.0. The maximum Gasteiger partial charge on any atom is 0.474 e. The van der Waals surface area contributed by atoms with E-state index in [1.165, 1.54) is 0 Å². The number of benzene rings is 1. The number of phosphoric acid groups is 1. The van der Waals surface area contributed by atoms with Gasteiger partial charge in [0.1, 0.15) is 5.75 Å². The Kier molecular flexibility index (Phi) is 15.5. The van der Waals surface area contributed by atoms with Gasteiger partial charge in [-0.15, -0.1) is 0 Å². The summed E-state index contributed by atoms with van der Waals surface area (Å²) in [5, 5.41) is 9.46. The third kappa shape index (κ3) is 12.6. The lowest BCUT2D eigenvalue weighted by Crippen LogP contribution is -2.03. The van der Waals surface area contributed by atoms with E-state index in [0.717, 1.165) is 49.7 Å². The highest BCUT2D eigenvalue weighted by molar-refractivity contribution is 7.48. The topological polar surface area (TPSA) is 65.0 Å². The summed E-state index contributed by atoms with van der Waals surface area (Å²) in [4.78, 5) is 0. The normalized spacial score (nSPS) is 11.4. The van der Waals surface area contributed by atoms with Crippen LogP contribution >= 0.6 is 7.82 Å². The summed E-state index contributed by atoms with van der Waals surface area (Å²) in [5.74, 6) is 0.815. The second-order valence-corrected chi connectivity index (χ2v) is 8.89. The minimum absolute atomic E-state index is 0.399. The Morgan fingerprint density at radius 3 is 1.64 bits per heavy atom. The number of phenols is 1. The molecule has 1 rings (SSSR count). The standard InChI is InChI=1S/C12H27O4P.C10H14O/c1-4-7-10-14-17(13,15-11-8-5-2)16-12-9-6-3;1-7(2)9-5-4-8(3)6-10(9)11/h4-12H2,1-3H3;4-7,11H,1-3H3. The van der Waals surface area contributed by atoms with Crippen molar-refractivity contribution >= 4 is 7.82 Å². The molecule has 0 aliphatic heterocycles. The molecule has 0 atom stereocenters. The van der Waals surface area contributed by atoms with Gasteiger partial charge in [0.2, 0.25) is 0 Å². The van der Waals surface area contributed by atoms with Crippen LogP contribution in [0.25, 0.3) is 0 Å². The van der Waals surface area contributed by atoms with Crippen molar-refractivity contribution in [2.45, 2.75) is 86.0 Å². The van der Waals surface area contributed by atoms with Gasteiger partial charge in [-0.05, 0) is 49.3 Å². The first-order valence-corrected chi connectivity index (χ1v) is 12.1. The fraction of sp³-hybridized carbons (Fsp3) is 0.727. The van der Waals surface area contributed by atoms with Gasteiger partial charge in [-0.2, -0.15) is 0 Å². The van der Waals surface area contributed by atoms with Crippen molar-refractivity contribution in [3.63, 3.8) is 0 Å². The Bertz CT molecular complexity index is 527. The van der Waals surface area contributed by atoms with Gasteiger partial charge >= 0.3 is 7.82 Å². The molecule has 0 aromatic heterocycles. The van der Waals surface area contributed by atoms with E-state index >= 15 is 0 Å². The van der Waals surface area contributed by atoms with Crippen molar-refractivity contribution in [2.75, 3.05) is 19.8 Å². The Morgan fingerprint density at radius 2 is 1.32 bits per heavy atom. The molecule has 5 nitrogen and oxygen atoms in total. The molecule has 1 aromatic rings. The van der Waals surface area contributed by atoms with E-state index in [1.807, 2.05) is 19.1 Å². The van der Waals surface area contributed by atoms with Gasteiger partial charge in [-0.25, -0.2) is 4.57 Å². The molecular weight excluding hydrogens is 375 g/mol.